The lowest BCUT2D eigenvalue weighted by Gasteiger charge is -2.32. The second-order valence-electron chi connectivity index (χ2n) is 9.96. The molecule has 6 rings (SSSR count). The first-order valence-electron chi connectivity index (χ1n) is 13.5. The molecule has 2 aromatic heterocycles. The number of morpholine rings is 1. The molecular weight excluding hydrogens is 496 g/mol. The Morgan fingerprint density at radius 3 is 2.59 bits per heavy atom. The fourth-order valence-corrected chi connectivity index (χ4v) is 5.30. The molecule has 0 amide bonds. The highest BCUT2D eigenvalue weighted by atomic mass is 16.5. The van der Waals surface area contributed by atoms with Crippen LogP contribution in [0.4, 0.5) is 17.6 Å². The maximum Gasteiger partial charge on any atom is 0.228 e. The van der Waals surface area contributed by atoms with Gasteiger partial charge in [-0.1, -0.05) is 0 Å². The van der Waals surface area contributed by atoms with Gasteiger partial charge in [-0.05, 0) is 42.8 Å². The van der Waals surface area contributed by atoms with Crippen molar-refractivity contribution in [2.24, 2.45) is 0 Å². The van der Waals surface area contributed by atoms with Crippen molar-refractivity contribution in [3.63, 3.8) is 0 Å². The summed E-state index contributed by atoms with van der Waals surface area (Å²) in [6.45, 7) is 6.92. The molecule has 1 atom stereocenters. The van der Waals surface area contributed by atoms with E-state index in [1.807, 2.05) is 30.3 Å². The standard InChI is InChI=1S/C28H32N8O3/c29-18-21-17-20(1-2-25(21)39-23-7-13-37-14-8-23)24-5-9-30-28(31-24)32-26-3-4-27(34-33-26)36-10-6-22(19-36)35-11-15-38-16-12-35/h1-5,9,17,22-23H,6-8,10-16,19H2,(H,30,31,32,33). The molecule has 0 spiro atoms. The fourth-order valence-electron chi connectivity index (χ4n) is 5.30. The molecule has 5 heterocycles. The van der Waals surface area contributed by atoms with Crippen molar-refractivity contribution in [3.05, 3.63) is 48.2 Å². The molecule has 3 fully saturated rings. The van der Waals surface area contributed by atoms with Gasteiger partial charge < -0.3 is 24.4 Å². The van der Waals surface area contributed by atoms with E-state index >= 15 is 0 Å². The summed E-state index contributed by atoms with van der Waals surface area (Å²) in [5.41, 5.74) is 1.98. The average molecular weight is 529 g/mol. The number of hydrogen-bond acceptors (Lipinski definition) is 11. The van der Waals surface area contributed by atoms with Gasteiger partial charge in [0.05, 0.1) is 37.7 Å². The third-order valence-electron chi connectivity index (χ3n) is 7.45. The number of ether oxygens (including phenoxy) is 3. The zero-order valence-electron chi connectivity index (χ0n) is 21.8. The highest BCUT2D eigenvalue weighted by Gasteiger charge is 2.29. The van der Waals surface area contributed by atoms with Crippen LogP contribution in [0.1, 0.15) is 24.8 Å². The number of nitrogens with one attached hydrogen (secondary N) is 1. The van der Waals surface area contributed by atoms with Crippen LogP contribution in [0.3, 0.4) is 0 Å². The zero-order chi connectivity index (χ0) is 26.4. The monoisotopic (exact) mass is 528 g/mol. The van der Waals surface area contributed by atoms with Gasteiger partial charge in [0, 0.05) is 56.8 Å². The summed E-state index contributed by atoms with van der Waals surface area (Å²) in [7, 11) is 0. The highest BCUT2D eigenvalue weighted by molar-refractivity contribution is 5.65. The molecule has 1 N–H and O–H groups in total. The van der Waals surface area contributed by atoms with Crippen LogP contribution in [0.15, 0.2) is 42.6 Å². The van der Waals surface area contributed by atoms with Crippen LogP contribution in [0.2, 0.25) is 0 Å². The summed E-state index contributed by atoms with van der Waals surface area (Å²) in [6, 6.07) is 14.0. The average Bonchev–Trinajstić information content (AvgIpc) is 3.49. The largest absolute Gasteiger partial charge is 0.489 e. The van der Waals surface area contributed by atoms with E-state index in [1.165, 1.54) is 0 Å². The van der Waals surface area contributed by atoms with Crippen LogP contribution in [-0.2, 0) is 9.47 Å². The topological polar surface area (TPSA) is 122 Å². The molecule has 3 aliphatic heterocycles. The summed E-state index contributed by atoms with van der Waals surface area (Å²) >= 11 is 0. The van der Waals surface area contributed by atoms with Gasteiger partial charge in [-0.2, -0.15) is 5.26 Å². The predicted molar refractivity (Wildman–Crippen MR) is 145 cm³/mol. The highest BCUT2D eigenvalue weighted by Crippen LogP contribution is 2.28. The Labute approximate surface area is 227 Å². The molecule has 39 heavy (non-hydrogen) atoms. The molecule has 0 aliphatic carbocycles. The van der Waals surface area contributed by atoms with Crippen molar-refractivity contribution < 1.29 is 14.2 Å². The van der Waals surface area contributed by atoms with Crippen LogP contribution >= 0.6 is 0 Å². The Balaban J connectivity index is 1.10. The lowest BCUT2D eigenvalue weighted by atomic mass is 10.1. The third-order valence-corrected chi connectivity index (χ3v) is 7.45. The first-order valence-corrected chi connectivity index (χ1v) is 13.5. The van der Waals surface area contributed by atoms with Gasteiger partial charge in [0.2, 0.25) is 5.95 Å². The van der Waals surface area contributed by atoms with Gasteiger partial charge in [-0.15, -0.1) is 10.2 Å². The van der Waals surface area contributed by atoms with Crippen molar-refractivity contribution in [2.45, 2.75) is 31.4 Å². The molecule has 1 unspecified atom stereocenters. The van der Waals surface area contributed by atoms with Crippen LogP contribution < -0.4 is 15.0 Å². The van der Waals surface area contributed by atoms with Crippen molar-refractivity contribution >= 4 is 17.6 Å². The molecular formula is C28H32N8O3. The number of rotatable bonds is 7. The minimum Gasteiger partial charge on any atom is -0.489 e. The van der Waals surface area contributed by atoms with Crippen LogP contribution in [0, 0.1) is 11.3 Å². The number of hydrogen-bond donors (Lipinski definition) is 1. The fraction of sp³-hybridized carbons (Fsp3) is 0.464. The van der Waals surface area contributed by atoms with Gasteiger partial charge >= 0.3 is 0 Å². The SMILES string of the molecule is N#Cc1cc(-c2ccnc(Nc3ccc(N4CCC(N5CCOCC5)C4)nn3)n2)ccc1OC1CCOCC1. The van der Waals surface area contributed by atoms with Crippen LogP contribution in [-0.4, -0.2) is 89.8 Å². The summed E-state index contributed by atoms with van der Waals surface area (Å²) < 4.78 is 17.0. The van der Waals surface area contributed by atoms with Crippen molar-refractivity contribution in [1.82, 2.24) is 25.1 Å². The normalized spacial score (nSPS) is 20.5. The summed E-state index contributed by atoms with van der Waals surface area (Å²) in [5.74, 6) is 2.44. The van der Waals surface area contributed by atoms with Gasteiger partial charge in [0.1, 0.15) is 17.9 Å². The summed E-state index contributed by atoms with van der Waals surface area (Å²) in [4.78, 5) is 13.8. The van der Waals surface area contributed by atoms with E-state index in [-0.39, 0.29) is 6.10 Å². The molecule has 1 aromatic carbocycles. The second-order valence-corrected chi connectivity index (χ2v) is 9.96. The molecule has 202 valence electrons. The van der Waals surface area contributed by atoms with Crippen LogP contribution in [0.25, 0.3) is 11.3 Å². The first kappa shape index (κ1) is 25.4. The zero-order valence-corrected chi connectivity index (χ0v) is 21.8. The third kappa shape index (κ3) is 6.09. The van der Waals surface area contributed by atoms with Crippen molar-refractivity contribution in [3.8, 4) is 23.1 Å². The number of nitrogens with zero attached hydrogens (tertiary/aromatic N) is 7. The van der Waals surface area contributed by atoms with E-state index in [0.29, 0.717) is 48.0 Å². The van der Waals surface area contributed by atoms with Crippen molar-refractivity contribution in [1.29, 1.82) is 5.26 Å². The Bertz CT molecular complexity index is 1300. The molecule has 3 aromatic rings. The van der Waals surface area contributed by atoms with E-state index in [1.54, 1.807) is 12.3 Å². The van der Waals surface area contributed by atoms with E-state index in [2.05, 4.69) is 41.4 Å². The number of benzene rings is 1. The van der Waals surface area contributed by atoms with Gasteiger partial charge in [-0.25, -0.2) is 9.97 Å². The quantitative estimate of drug-likeness (QED) is 0.487. The lowest BCUT2D eigenvalue weighted by Crippen LogP contribution is -2.44. The lowest BCUT2D eigenvalue weighted by molar-refractivity contribution is 0.0209. The number of anilines is 3. The molecule has 11 nitrogen and oxygen atoms in total. The Hall–Kier alpha value is -3.85. The molecule has 0 bridgehead atoms. The van der Waals surface area contributed by atoms with Gasteiger partial charge in [0.25, 0.3) is 0 Å². The molecule has 3 saturated heterocycles. The van der Waals surface area contributed by atoms with E-state index in [9.17, 15) is 5.26 Å². The maximum absolute atomic E-state index is 9.72. The second kappa shape index (κ2) is 11.9. The summed E-state index contributed by atoms with van der Waals surface area (Å²) in [5, 5.41) is 21.7. The summed E-state index contributed by atoms with van der Waals surface area (Å²) in [6.07, 6.45) is 4.52. The predicted octanol–water partition coefficient (Wildman–Crippen LogP) is 3.02. The van der Waals surface area contributed by atoms with Crippen LogP contribution in [0.5, 0.6) is 5.75 Å². The van der Waals surface area contributed by atoms with Crippen molar-refractivity contribution in [2.75, 3.05) is 62.8 Å². The minimum absolute atomic E-state index is 0.0655. The Kier molecular flexibility index (Phi) is 7.76. The Morgan fingerprint density at radius 1 is 0.949 bits per heavy atom. The molecule has 3 aliphatic rings. The van der Waals surface area contributed by atoms with E-state index in [4.69, 9.17) is 14.2 Å². The minimum atomic E-state index is 0.0655. The Morgan fingerprint density at radius 2 is 1.79 bits per heavy atom. The molecule has 11 heteroatoms. The number of aromatic nitrogens is 4. The van der Waals surface area contributed by atoms with E-state index in [0.717, 1.165) is 70.0 Å². The number of nitriles is 1. The maximum atomic E-state index is 9.72. The van der Waals surface area contributed by atoms with Gasteiger partial charge in [-0.3, -0.25) is 4.90 Å². The molecule has 0 radical (unpaired) electrons. The first-order chi connectivity index (χ1) is 19.2. The van der Waals surface area contributed by atoms with E-state index < -0.39 is 0 Å². The van der Waals surface area contributed by atoms with Gasteiger partial charge in [0.15, 0.2) is 11.6 Å². The molecule has 0 saturated carbocycles. The smallest absolute Gasteiger partial charge is 0.228 e.